The van der Waals surface area contributed by atoms with Gasteiger partial charge in [-0.25, -0.2) is 0 Å². The summed E-state index contributed by atoms with van der Waals surface area (Å²) in [6, 6.07) is 13.6. The van der Waals surface area contributed by atoms with Gasteiger partial charge in [-0.3, -0.25) is 9.59 Å². The van der Waals surface area contributed by atoms with Gasteiger partial charge in [0.2, 0.25) is 0 Å². The smallest absolute Gasteiger partial charge is 0.260 e. The molecular formula is C19H24ClN3O3. The molecule has 2 amide bonds. The maximum atomic E-state index is 12.2. The van der Waals surface area contributed by atoms with E-state index in [1.165, 1.54) is 0 Å². The lowest BCUT2D eigenvalue weighted by Crippen LogP contribution is -2.34. The fourth-order valence-corrected chi connectivity index (χ4v) is 2.31. The second-order valence-electron chi connectivity index (χ2n) is 5.46. The van der Waals surface area contributed by atoms with E-state index < -0.39 is 0 Å². The monoisotopic (exact) mass is 377 g/mol. The first kappa shape index (κ1) is 21.3. The van der Waals surface area contributed by atoms with Gasteiger partial charge in [0.15, 0.2) is 6.61 Å². The molecule has 0 atom stereocenters. The number of ether oxygens (including phenoxy) is 1. The van der Waals surface area contributed by atoms with Gasteiger partial charge in [0.1, 0.15) is 5.75 Å². The van der Waals surface area contributed by atoms with Gasteiger partial charge in [-0.05, 0) is 50.2 Å². The van der Waals surface area contributed by atoms with E-state index in [1.54, 1.807) is 53.4 Å². The molecule has 3 N–H and O–H groups in total. The second-order valence-corrected chi connectivity index (χ2v) is 5.46. The summed E-state index contributed by atoms with van der Waals surface area (Å²) in [5.41, 5.74) is 7.32. The van der Waals surface area contributed by atoms with Gasteiger partial charge in [0.05, 0.1) is 0 Å². The molecule has 26 heavy (non-hydrogen) atoms. The van der Waals surface area contributed by atoms with Crippen LogP contribution in [0.4, 0.5) is 11.4 Å². The first-order valence-corrected chi connectivity index (χ1v) is 8.21. The molecule has 0 fully saturated rings. The Hall–Kier alpha value is -2.73. The molecule has 140 valence electrons. The average molecular weight is 378 g/mol. The highest BCUT2D eigenvalue weighted by Crippen LogP contribution is 2.18. The van der Waals surface area contributed by atoms with Gasteiger partial charge in [-0.15, -0.1) is 12.4 Å². The van der Waals surface area contributed by atoms with Crippen LogP contribution in [0.2, 0.25) is 0 Å². The standard InChI is InChI=1S/C19H23N3O3.ClH/c1-3-22(4-2)18(23)13-25-17-7-5-6-16(12-17)21-19(24)14-8-10-15(20)11-9-14;/h5-12H,3-4,13,20H2,1-2H3,(H,21,24);1H. The molecular weight excluding hydrogens is 354 g/mol. The van der Waals surface area contributed by atoms with Gasteiger partial charge < -0.3 is 20.7 Å². The number of hydrogen-bond donors (Lipinski definition) is 2. The number of hydrogen-bond acceptors (Lipinski definition) is 4. The topological polar surface area (TPSA) is 84.7 Å². The Morgan fingerprint density at radius 2 is 1.73 bits per heavy atom. The minimum Gasteiger partial charge on any atom is -0.484 e. The number of anilines is 2. The summed E-state index contributed by atoms with van der Waals surface area (Å²) < 4.78 is 5.54. The van der Waals surface area contributed by atoms with Crippen LogP contribution in [0, 0.1) is 0 Å². The van der Waals surface area contributed by atoms with E-state index in [9.17, 15) is 9.59 Å². The molecule has 0 bridgehead atoms. The summed E-state index contributed by atoms with van der Waals surface area (Å²) in [6.45, 7) is 5.12. The molecule has 0 aliphatic carbocycles. The highest BCUT2D eigenvalue weighted by molar-refractivity contribution is 6.04. The summed E-state index contributed by atoms with van der Waals surface area (Å²) in [5.74, 6) is 0.216. The highest BCUT2D eigenvalue weighted by atomic mass is 35.5. The van der Waals surface area contributed by atoms with Crippen molar-refractivity contribution in [2.45, 2.75) is 13.8 Å². The van der Waals surface area contributed by atoms with E-state index in [2.05, 4.69) is 5.32 Å². The van der Waals surface area contributed by atoms with Crippen LogP contribution in [0.15, 0.2) is 48.5 Å². The molecule has 0 spiro atoms. The van der Waals surface area contributed by atoms with Gasteiger partial charge in [-0.2, -0.15) is 0 Å². The van der Waals surface area contributed by atoms with E-state index in [0.29, 0.717) is 35.8 Å². The number of nitrogens with zero attached hydrogens (tertiary/aromatic N) is 1. The Morgan fingerprint density at radius 3 is 2.35 bits per heavy atom. The van der Waals surface area contributed by atoms with Crippen molar-refractivity contribution >= 4 is 35.6 Å². The number of carbonyl (C=O) groups is 2. The summed E-state index contributed by atoms with van der Waals surface area (Å²) in [4.78, 5) is 25.9. The lowest BCUT2D eigenvalue weighted by Gasteiger charge is -2.18. The van der Waals surface area contributed by atoms with E-state index >= 15 is 0 Å². The Kier molecular flexibility index (Phi) is 8.45. The third kappa shape index (κ3) is 5.97. The van der Waals surface area contributed by atoms with Crippen LogP contribution in [0.3, 0.4) is 0 Å². The molecule has 0 aliphatic rings. The summed E-state index contributed by atoms with van der Waals surface area (Å²) in [7, 11) is 0. The predicted octanol–water partition coefficient (Wildman–Crippen LogP) is 3.19. The second kappa shape index (κ2) is 10.3. The third-order valence-corrected chi connectivity index (χ3v) is 3.74. The predicted molar refractivity (Wildman–Crippen MR) is 106 cm³/mol. The molecule has 0 aromatic heterocycles. The number of likely N-dealkylation sites (N-methyl/N-ethyl adjacent to an activating group) is 1. The lowest BCUT2D eigenvalue weighted by atomic mass is 10.2. The number of nitrogens with one attached hydrogen (secondary N) is 1. The summed E-state index contributed by atoms with van der Waals surface area (Å²) in [5, 5.41) is 2.80. The van der Waals surface area contributed by atoms with Crippen molar-refractivity contribution in [2.75, 3.05) is 30.7 Å². The van der Waals surface area contributed by atoms with Crippen LogP contribution in [0.5, 0.6) is 5.75 Å². The van der Waals surface area contributed by atoms with E-state index in [0.717, 1.165) is 0 Å². The zero-order valence-electron chi connectivity index (χ0n) is 14.9. The molecule has 0 heterocycles. The quantitative estimate of drug-likeness (QED) is 0.726. The molecule has 2 aromatic carbocycles. The normalized spacial score (nSPS) is 9.77. The largest absolute Gasteiger partial charge is 0.484 e. The summed E-state index contributed by atoms with van der Waals surface area (Å²) >= 11 is 0. The first-order valence-electron chi connectivity index (χ1n) is 8.21. The highest BCUT2D eigenvalue weighted by Gasteiger charge is 2.11. The van der Waals surface area contributed by atoms with Crippen LogP contribution >= 0.6 is 12.4 Å². The molecule has 0 saturated carbocycles. The Balaban J connectivity index is 0.00000338. The molecule has 2 aromatic rings. The minimum atomic E-state index is -0.239. The molecule has 0 aliphatic heterocycles. The number of nitrogens with two attached hydrogens (primary N) is 1. The number of nitrogen functional groups attached to an aromatic ring is 1. The lowest BCUT2D eigenvalue weighted by molar-refractivity contribution is -0.132. The van der Waals surface area contributed by atoms with Gasteiger partial charge in [0, 0.05) is 36.1 Å². The molecule has 0 radical (unpaired) electrons. The Bertz CT molecular complexity index is 731. The zero-order chi connectivity index (χ0) is 18.2. The van der Waals surface area contributed by atoms with Crippen molar-refractivity contribution in [2.24, 2.45) is 0 Å². The Morgan fingerprint density at radius 1 is 1.08 bits per heavy atom. The van der Waals surface area contributed by atoms with Crippen molar-refractivity contribution in [3.8, 4) is 5.75 Å². The van der Waals surface area contributed by atoms with Gasteiger partial charge in [0.25, 0.3) is 11.8 Å². The number of amides is 2. The minimum absolute atomic E-state index is 0. The maximum absolute atomic E-state index is 12.2. The van der Waals surface area contributed by atoms with Crippen LogP contribution < -0.4 is 15.8 Å². The number of benzene rings is 2. The van der Waals surface area contributed by atoms with E-state index in [1.807, 2.05) is 13.8 Å². The SMILES string of the molecule is CCN(CC)C(=O)COc1cccc(NC(=O)c2ccc(N)cc2)c1.Cl. The number of carbonyl (C=O) groups excluding carboxylic acids is 2. The molecule has 0 saturated heterocycles. The summed E-state index contributed by atoms with van der Waals surface area (Å²) in [6.07, 6.45) is 0. The van der Waals surface area contributed by atoms with Crippen molar-refractivity contribution in [3.05, 3.63) is 54.1 Å². The van der Waals surface area contributed by atoms with E-state index in [4.69, 9.17) is 10.5 Å². The van der Waals surface area contributed by atoms with Gasteiger partial charge in [-0.1, -0.05) is 6.07 Å². The molecule has 7 heteroatoms. The molecule has 6 nitrogen and oxygen atoms in total. The molecule has 0 unspecified atom stereocenters. The van der Waals surface area contributed by atoms with Crippen LogP contribution in [-0.2, 0) is 4.79 Å². The number of halogens is 1. The van der Waals surface area contributed by atoms with E-state index in [-0.39, 0.29) is 30.8 Å². The zero-order valence-corrected chi connectivity index (χ0v) is 15.7. The fourth-order valence-electron chi connectivity index (χ4n) is 2.31. The molecule has 2 rings (SSSR count). The fraction of sp³-hybridized carbons (Fsp3) is 0.263. The van der Waals surface area contributed by atoms with Crippen LogP contribution in [-0.4, -0.2) is 36.4 Å². The van der Waals surface area contributed by atoms with Crippen LogP contribution in [0.1, 0.15) is 24.2 Å². The average Bonchev–Trinajstić information content (AvgIpc) is 2.62. The van der Waals surface area contributed by atoms with Gasteiger partial charge >= 0.3 is 0 Å². The maximum Gasteiger partial charge on any atom is 0.260 e. The van der Waals surface area contributed by atoms with Crippen molar-refractivity contribution < 1.29 is 14.3 Å². The van der Waals surface area contributed by atoms with Crippen molar-refractivity contribution in [1.29, 1.82) is 0 Å². The van der Waals surface area contributed by atoms with Crippen LogP contribution in [0.25, 0.3) is 0 Å². The van der Waals surface area contributed by atoms with Crippen molar-refractivity contribution in [3.63, 3.8) is 0 Å². The first-order chi connectivity index (χ1) is 12.0. The third-order valence-electron chi connectivity index (χ3n) is 3.74. The number of rotatable bonds is 7. The van der Waals surface area contributed by atoms with Crippen molar-refractivity contribution in [1.82, 2.24) is 4.90 Å². The Labute approximate surface area is 159 Å².